The van der Waals surface area contributed by atoms with Gasteiger partial charge in [0.15, 0.2) is 0 Å². The second-order valence-corrected chi connectivity index (χ2v) is 18.5. The van der Waals surface area contributed by atoms with Crippen LogP contribution < -0.4 is 31.5 Å². The van der Waals surface area contributed by atoms with E-state index in [0.29, 0.717) is 11.4 Å². The molecule has 6 aromatic rings. The van der Waals surface area contributed by atoms with E-state index in [2.05, 4.69) is 51.2 Å². The third-order valence-corrected chi connectivity index (χ3v) is 11.6. The number of benzene rings is 4. The maximum atomic E-state index is 12.5. The monoisotopic (exact) mass is 982 g/mol. The van der Waals surface area contributed by atoms with Gasteiger partial charge in [-0.3, -0.25) is 9.11 Å². The Kier molecular flexibility index (Phi) is 16.6. The van der Waals surface area contributed by atoms with Crippen molar-refractivity contribution in [2.24, 2.45) is 10.3 Å². The Hall–Kier alpha value is -3.94. The summed E-state index contributed by atoms with van der Waals surface area (Å²) in [5.74, 6) is -0.506. The summed E-state index contributed by atoms with van der Waals surface area (Å²) < 4.78 is 116. The summed E-state index contributed by atoms with van der Waals surface area (Å²) >= 11 is 12.1. The standard InChI is InChI=1S/C32H26Cl2N12O10S4.2Na/c33-27-41-29(37-19-7-11-23(12-8-19)57(35,47)48)45-31(43-27)39-21-5-3-17(25(15-21)59(51,52)53)1-2-18-4-6-22(16-26(18)60(54,55)56)40-32-44-28(34)42-30(46-32)38-20-9-13-24(14-10-20)58(36,49)50;;/h1-16H,(H2,35,47,48)(H2,36,49,50)(H,51,52,53)(H,54,55,56)(H2,37,39,41,43,45)(H2,38,40,42,44,46);;. The van der Waals surface area contributed by atoms with Gasteiger partial charge in [0.25, 0.3) is 20.2 Å². The van der Waals surface area contributed by atoms with E-state index in [9.17, 15) is 42.8 Å². The Morgan fingerprint density at radius 1 is 0.452 bits per heavy atom. The zero-order chi connectivity index (χ0) is 43.6. The molecule has 10 N–H and O–H groups in total. The summed E-state index contributed by atoms with van der Waals surface area (Å²) in [4.78, 5) is 22.6. The quantitative estimate of drug-likeness (QED) is 0.0439. The van der Waals surface area contributed by atoms with Crippen LogP contribution in [0.15, 0.2) is 105 Å². The van der Waals surface area contributed by atoms with E-state index in [1.54, 1.807) is 0 Å². The number of nitrogens with two attached hydrogens (primary N) is 2. The first-order valence-corrected chi connectivity index (χ1v) is 22.8. The molecule has 0 bridgehead atoms. The molecule has 0 fully saturated rings. The molecule has 0 unspecified atom stereocenters. The molecule has 0 atom stereocenters. The van der Waals surface area contributed by atoms with Crippen LogP contribution in [0.25, 0.3) is 12.2 Å². The van der Waals surface area contributed by atoms with Crippen molar-refractivity contribution in [2.45, 2.75) is 19.6 Å². The summed E-state index contributed by atoms with van der Waals surface area (Å²) in [6.45, 7) is 0. The topological polar surface area (TPSA) is 355 Å². The third-order valence-electron chi connectivity index (χ3n) is 7.63. The number of nitrogens with zero attached hydrogens (tertiary/aromatic N) is 6. The second kappa shape index (κ2) is 20.3. The van der Waals surface area contributed by atoms with Gasteiger partial charge in [-0.15, -0.1) is 0 Å². The van der Waals surface area contributed by atoms with Gasteiger partial charge in [0, 0.05) is 81.9 Å². The molecule has 30 heteroatoms. The fourth-order valence-electron chi connectivity index (χ4n) is 5.02. The van der Waals surface area contributed by atoms with Crippen molar-refractivity contribution in [1.29, 1.82) is 0 Å². The molecule has 6 rings (SSSR count). The molecule has 0 aliphatic carbocycles. The molecule has 62 heavy (non-hydrogen) atoms. The number of sulfonamides is 2. The molecule has 0 aliphatic rings. The molecule has 4 aromatic carbocycles. The van der Waals surface area contributed by atoms with Gasteiger partial charge < -0.3 is 21.3 Å². The Balaban J connectivity index is 0.00000422. The van der Waals surface area contributed by atoms with Crippen LogP contribution in [-0.2, 0) is 40.3 Å². The molecule has 0 saturated carbocycles. The van der Waals surface area contributed by atoms with E-state index in [-0.39, 0.29) is 126 Å². The van der Waals surface area contributed by atoms with Crippen molar-refractivity contribution in [3.05, 3.63) is 107 Å². The van der Waals surface area contributed by atoms with Gasteiger partial charge >= 0.3 is 0 Å². The number of anilines is 8. The van der Waals surface area contributed by atoms with E-state index in [4.69, 9.17) is 33.5 Å². The largest absolute Gasteiger partial charge is 0.324 e. The first-order valence-electron chi connectivity index (χ1n) is 16.1. The smallest absolute Gasteiger partial charge is 0.295 e. The van der Waals surface area contributed by atoms with Gasteiger partial charge in [0.2, 0.25) is 54.4 Å². The molecule has 2 heterocycles. The summed E-state index contributed by atoms with van der Waals surface area (Å²) in [6.07, 6.45) is 2.35. The summed E-state index contributed by atoms with van der Waals surface area (Å²) in [6, 6.07) is 18.0. The number of hydrogen-bond donors (Lipinski definition) is 8. The first kappa shape index (κ1) is 50.7. The predicted octanol–water partition coefficient (Wildman–Crippen LogP) is 3.53. The van der Waals surface area contributed by atoms with Gasteiger partial charge in [0.1, 0.15) is 9.79 Å². The van der Waals surface area contributed by atoms with E-state index >= 15 is 0 Å². The molecular weight excluding hydrogens is 958 g/mol. The maximum Gasteiger partial charge on any atom is 0.295 e. The van der Waals surface area contributed by atoms with Crippen molar-refractivity contribution < 1.29 is 42.8 Å². The zero-order valence-electron chi connectivity index (χ0n) is 31.6. The number of aromatic nitrogens is 6. The molecule has 2 radical (unpaired) electrons. The average molecular weight is 984 g/mol. The van der Waals surface area contributed by atoms with E-state index < -0.39 is 50.1 Å². The summed E-state index contributed by atoms with van der Waals surface area (Å²) in [5.41, 5.74) is 0.602. The molecule has 0 saturated heterocycles. The van der Waals surface area contributed by atoms with Crippen LogP contribution in [0.2, 0.25) is 10.6 Å². The molecule has 314 valence electrons. The van der Waals surface area contributed by atoms with Gasteiger partial charge in [-0.2, -0.15) is 46.7 Å². The van der Waals surface area contributed by atoms with Crippen LogP contribution in [0.3, 0.4) is 0 Å². The maximum absolute atomic E-state index is 12.5. The fourth-order valence-corrected chi connectivity index (χ4v) is 7.79. The molecule has 0 amide bonds. The number of rotatable bonds is 14. The van der Waals surface area contributed by atoms with Gasteiger partial charge in [-0.1, -0.05) is 24.3 Å². The first-order chi connectivity index (χ1) is 28.0. The van der Waals surface area contributed by atoms with E-state index in [1.807, 2.05) is 0 Å². The minimum absolute atomic E-state index is 0. The van der Waals surface area contributed by atoms with Crippen molar-refractivity contribution in [3.63, 3.8) is 0 Å². The Bertz CT molecular complexity index is 2930. The van der Waals surface area contributed by atoms with Crippen LogP contribution >= 0.6 is 23.2 Å². The minimum Gasteiger partial charge on any atom is -0.324 e. The van der Waals surface area contributed by atoms with Crippen LogP contribution in [0.5, 0.6) is 0 Å². The predicted molar refractivity (Wildman–Crippen MR) is 231 cm³/mol. The van der Waals surface area contributed by atoms with Gasteiger partial charge in [0.05, 0.1) is 9.79 Å². The number of nitrogens with one attached hydrogen (secondary N) is 4. The Morgan fingerprint density at radius 3 is 1.00 bits per heavy atom. The van der Waals surface area contributed by atoms with Crippen LogP contribution in [0, 0.1) is 0 Å². The Morgan fingerprint density at radius 2 is 0.726 bits per heavy atom. The summed E-state index contributed by atoms with van der Waals surface area (Å²) in [7, 11) is -17.7. The van der Waals surface area contributed by atoms with Crippen molar-refractivity contribution in [3.8, 4) is 0 Å². The van der Waals surface area contributed by atoms with Crippen molar-refractivity contribution in [1.82, 2.24) is 29.9 Å². The minimum atomic E-state index is -4.91. The van der Waals surface area contributed by atoms with E-state index in [1.165, 1.54) is 84.9 Å². The van der Waals surface area contributed by atoms with Gasteiger partial charge in [-0.05, 0) is 107 Å². The fraction of sp³-hybridized carbons (Fsp3) is 0. The van der Waals surface area contributed by atoms with Crippen LogP contribution in [-0.4, -0.2) is 132 Å². The SMILES string of the molecule is NS(=O)(=O)c1ccc(Nc2nc(Cl)nc(Nc3ccc(C=Cc4ccc(Nc5nc(Cl)nc(Nc6ccc(S(N)(=O)=O)cc6)n5)cc4S(=O)(=O)O)c(S(=O)(=O)O)c3)n2)cc1.[Na].[Na]. The van der Waals surface area contributed by atoms with Crippen molar-refractivity contribution in [2.75, 3.05) is 21.3 Å². The molecule has 0 aliphatic heterocycles. The van der Waals surface area contributed by atoms with E-state index in [0.717, 1.165) is 12.1 Å². The number of hydrogen-bond acceptors (Lipinski definition) is 18. The number of primary sulfonamides is 2. The third kappa shape index (κ3) is 13.8. The van der Waals surface area contributed by atoms with Crippen LogP contribution in [0.4, 0.5) is 46.5 Å². The Labute approximate surface area is 407 Å². The number of halogens is 2. The molecular formula is C32H26Cl2N12Na2O10S4. The molecule has 2 aromatic heterocycles. The second-order valence-electron chi connectivity index (χ2n) is 11.9. The van der Waals surface area contributed by atoms with Crippen molar-refractivity contribution >= 4 is 181 Å². The van der Waals surface area contributed by atoms with Gasteiger partial charge in [-0.25, -0.2) is 27.1 Å². The zero-order valence-corrected chi connectivity index (χ0v) is 40.4. The molecule has 22 nitrogen and oxygen atoms in total. The molecule has 0 spiro atoms. The average Bonchev–Trinajstić information content (AvgIpc) is 3.13. The normalized spacial score (nSPS) is 11.9. The van der Waals surface area contributed by atoms with Crippen LogP contribution in [0.1, 0.15) is 11.1 Å². The summed E-state index contributed by atoms with van der Waals surface area (Å²) in [5, 5.41) is 20.8.